The van der Waals surface area contributed by atoms with Gasteiger partial charge in [-0.15, -0.1) is 0 Å². The second kappa shape index (κ2) is 5.75. The Morgan fingerprint density at radius 1 is 1.63 bits per heavy atom. The highest BCUT2D eigenvalue weighted by molar-refractivity contribution is 5.72. The number of ether oxygens (including phenoxy) is 1. The molecule has 2 rings (SSSR count). The van der Waals surface area contributed by atoms with Crippen LogP contribution in [-0.4, -0.2) is 52.1 Å². The second-order valence-electron chi connectivity index (χ2n) is 5.28. The molecular formula is C14H21NO4. The summed E-state index contributed by atoms with van der Waals surface area (Å²) in [6.45, 7) is 3.94. The third-order valence-electron chi connectivity index (χ3n) is 3.50. The first kappa shape index (κ1) is 14.1. The molecule has 0 saturated carbocycles. The van der Waals surface area contributed by atoms with Gasteiger partial charge in [0.05, 0.1) is 24.8 Å². The monoisotopic (exact) mass is 267 g/mol. The lowest BCUT2D eigenvalue weighted by Crippen LogP contribution is -2.45. The minimum atomic E-state index is -0.609. The van der Waals surface area contributed by atoms with E-state index in [1.807, 2.05) is 19.1 Å². The predicted octanol–water partition coefficient (Wildman–Crippen LogP) is 1.21. The van der Waals surface area contributed by atoms with Crippen LogP contribution in [0.2, 0.25) is 0 Å². The number of fused-ring (bicyclic) bond motifs is 1. The van der Waals surface area contributed by atoms with Gasteiger partial charge >= 0.3 is 6.09 Å². The summed E-state index contributed by atoms with van der Waals surface area (Å²) < 4.78 is 5.32. The minimum Gasteiger partial charge on any atom is -0.439 e. The molecule has 1 unspecified atom stereocenters. The zero-order valence-corrected chi connectivity index (χ0v) is 11.3. The highest BCUT2D eigenvalue weighted by Crippen LogP contribution is 2.30. The molecule has 0 aromatic carbocycles. The highest BCUT2D eigenvalue weighted by atomic mass is 16.6. The van der Waals surface area contributed by atoms with Crippen molar-refractivity contribution in [3.8, 4) is 0 Å². The molecule has 0 spiro atoms. The van der Waals surface area contributed by atoms with E-state index in [1.54, 1.807) is 17.9 Å². The number of carbonyl (C=O) groups excluding carboxylic acids is 1. The van der Waals surface area contributed by atoms with Gasteiger partial charge in [-0.05, 0) is 38.3 Å². The fraction of sp³-hybridized carbons (Fsp3) is 0.643. The van der Waals surface area contributed by atoms with Crippen molar-refractivity contribution < 1.29 is 19.7 Å². The van der Waals surface area contributed by atoms with Gasteiger partial charge in [0, 0.05) is 0 Å². The molecule has 0 aromatic heterocycles. The molecule has 0 bridgehead atoms. The molecule has 1 amide bonds. The van der Waals surface area contributed by atoms with Gasteiger partial charge < -0.3 is 14.9 Å². The van der Waals surface area contributed by atoms with Gasteiger partial charge in [0.15, 0.2) is 0 Å². The molecule has 2 aliphatic rings. The van der Waals surface area contributed by atoms with E-state index in [0.717, 1.165) is 12.0 Å². The lowest BCUT2D eigenvalue weighted by Gasteiger charge is -2.30. The minimum absolute atomic E-state index is 0.112. The number of allylic oxidation sites excluding steroid dienone is 1. The number of carbonyl (C=O) groups is 1. The summed E-state index contributed by atoms with van der Waals surface area (Å²) in [4.78, 5) is 13.3. The summed E-state index contributed by atoms with van der Waals surface area (Å²) in [7, 11) is 0. The first-order valence-corrected chi connectivity index (χ1v) is 6.67. The van der Waals surface area contributed by atoms with E-state index < -0.39 is 6.10 Å². The van der Waals surface area contributed by atoms with E-state index in [0.29, 0.717) is 13.0 Å². The number of aliphatic hydroxyl groups excluding tert-OH is 2. The maximum atomic E-state index is 11.7. The second-order valence-corrected chi connectivity index (χ2v) is 5.28. The summed E-state index contributed by atoms with van der Waals surface area (Å²) in [5.41, 5.74) is 0.953. The average Bonchev–Trinajstić information content (AvgIpc) is 2.62. The molecule has 0 radical (unpaired) electrons. The van der Waals surface area contributed by atoms with Gasteiger partial charge in [-0.1, -0.05) is 12.2 Å². The molecule has 1 saturated heterocycles. The molecule has 5 nitrogen and oxygen atoms in total. The van der Waals surface area contributed by atoms with E-state index in [-0.39, 0.29) is 24.3 Å². The lowest BCUT2D eigenvalue weighted by atomic mass is 9.96. The quantitative estimate of drug-likeness (QED) is 0.751. The largest absolute Gasteiger partial charge is 0.439 e. The van der Waals surface area contributed by atoms with Gasteiger partial charge in [0.25, 0.3) is 0 Å². The van der Waals surface area contributed by atoms with Crippen molar-refractivity contribution in [2.24, 2.45) is 0 Å². The number of amides is 1. The zero-order valence-electron chi connectivity index (χ0n) is 11.3. The van der Waals surface area contributed by atoms with Crippen molar-refractivity contribution in [3.05, 3.63) is 23.8 Å². The van der Waals surface area contributed by atoms with E-state index in [1.165, 1.54) is 0 Å². The van der Waals surface area contributed by atoms with E-state index in [9.17, 15) is 15.0 Å². The van der Waals surface area contributed by atoms with Crippen LogP contribution in [0, 0.1) is 0 Å². The van der Waals surface area contributed by atoms with E-state index in [4.69, 9.17) is 4.74 Å². The van der Waals surface area contributed by atoms with Gasteiger partial charge in [-0.3, -0.25) is 4.90 Å². The molecular weight excluding hydrogens is 246 g/mol. The van der Waals surface area contributed by atoms with Crippen molar-refractivity contribution >= 4 is 6.09 Å². The zero-order chi connectivity index (χ0) is 14.0. The molecule has 0 aliphatic carbocycles. The molecule has 4 atom stereocenters. The van der Waals surface area contributed by atoms with Crippen LogP contribution < -0.4 is 0 Å². The molecule has 1 fully saturated rings. The SMILES string of the molecule is CC1=C[C@@H](O)CN2C(=O)O[C@@H](/C=C/CC[C@@H](C)O)C12. The van der Waals surface area contributed by atoms with Crippen LogP contribution in [0.5, 0.6) is 0 Å². The van der Waals surface area contributed by atoms with Crippen LogP contribution in [0.3, 0.4) is 0 Å². The van der Waals surface area contributed by atoms with E-state index >= 15 is 0 Å². The summed E-state index contributed by atoms with van der Waals surface area (Å²) in [6.07, 6.45) is 5.43. The van der Waals surface area contributed by atoms with Crippen molar-refractivity contribution in [1.82, 2.24) is 4.90 Å². The number of hydrogen-bond donors (Lipinski definition) is 2. The van der Waals surface area contributed by atoms with Crippen LogP contribution in [0.4, 0.5) is 4.79 Å². The Bertz CT molecular complexity index is 402. The van der Waals surface area contributed by atoms with Crippen LogP contribution in [0.1, 0.15) is 26.7 Å². The molecule has 0 aromatic rings. The van der Waals surface area contributed by atoms with Crippen LogP contribution >= 0.6 is 0 Å². The smallest absolute Gasteiger partial charge is 0.411 e. The summed E-state index contributed by atoms with van der Waals surface area (Å²) in [5.74, 6) is 0. The molecule has 5 heteroatoms. The Hall–Kier alpha value is -1.33. The summed E-state index contributed by atoms with van der Waals surface area (Å²) >= 11 is 0. The van der Waals surface area contributed by atoms with Gasteiger partial charge in [-0.2, -0.15) is 0 Å². The third kappa shape index (κ3) is 3.16. The first-order chi connectivity index (χ1) is 8.99. The van der Waals surface area contributed by atoms with Crippen LogP contribution in [0.15, 0.2) is 23.8 Å². The number of cyclic esters (lactones) is 1. The Morgan fingerprint density at radius 2 is 2.37 bits per heavy atom. The van der Waals surface area contributed by atoms with Crippen molar-refractivity contribution in [3.63, 3.8) is 0 Å². The lowest BCUT2D eigenvalue weighted by molar-refractivity contribution is 0.126. The van der Waals surface area contributed by atoms with Crippen LogP contribution in [-0.2, 0) is 4.74 Å². The molecule has 106 valence electrons. The number of hydrogen-bond acceptors (Lipinski definition) is 4. The van der Waals surface area contributed by atoms with Gasteiger partial charge in [0.1, 0.15) is 6.10 Å². The topological polar surface area (TPSA) is 70.0 Å². The third-order valence-corrected chi connectivity index (χ3v) is 3.50. The van der Waals surface area contributed by atoms with Crippen LogP contribution in [0.25, 0.3) is 0 Å². The normalized spacial score (nSPS) is 32.2. The van der Waals surface area contributed by atoms with Gasteiger partial charge in [-0.25, -0.2) is 4.79 Å². The van der Waals surface area contributed by atoms with Crippen molar-refractivity contribution in [2.75, 3.05) is 6.54 Å². The molecule has 2 aliphatic heterocycles. The van der Waals surface area contributed by atoms with E-state index in [2.05, 4.69) is 0 Å². The number of nitrogens with zero attached hydrogens (tertiary/aromatic N) is 1. The van der Waals surface area contributed by atoms with Crippen molar-refractivity contribution in [2.45, 2.75) is 51.0 Å². The Labute approximate surface area is 113 Å². The molecule has 2 N–H and O–H groups in total. The highest BCUT2D eigenvalue weighted by Gasteiger charge is 2.43. The Balaban J connectivity index is 2.02. The Kier molecular flexibility index (Phi) is 4.27. The summed E-state index contributed by atoms with van der Waals surface area (Å²) in [6, 6.07) is -0.112. The maximum Gasteiger partial charge on any atom is 0.411 e. The molecule has 19 heavy (non-hydrogen) atoms. The Morgan fingerprint density at radius 3 is 3.05 bits per heavy atom. The fourth-order valence-corrected chi connectivity index (χ4v) is 2.60. The average molecular weight is 267 g/mol. The first-order valence-electron chi connectivity index (χ1n) is 6.67. The van der Waals surface area contributed by atoms with Crippen molar-refractivity contribution in [1.29, 1.82) is 0 Å². The standard InChI is InChI=1S/C14H21NO4/c1-9-7-11(17)8-15-13(9)12(19-14(15)18)6-4-3-5-10(2)16/h4,6-7,10-13,16-17H,3,5,8H2,1-2H3/b6-4+/t10-,11-,12+,13?/m1/s1. The summed E-state index contributed by atoms with van der Waals surface area (Å²) in [5, 5.41) is 18.8. The fourth-order valence-electron chi connectivity index (χ4n) is 2.60. The maximum absolute atomic E-state index is 11.7. The number of rotatable bonds is 4. The predicted molar refractivity (Wildman–Crippen MR) is 70.6 cm³/mol. The number of aliphatic hydroxyl groups is 2. The van der Waals surface area contributed by atoms with Gasteiger partial charge in [0.2, 0.25) is 0 Å². The molecule has 2 heterocycles.